The first kappa shape index (κ1) is 29.7. The Kier molecular flexibility index (Phi) is 8.45. The SMILES string of the molecule is CC(C)(C#N)c1cc(C(=O)NC2(C(=O)NCc3cccc(C(F)(F)F)c3)CCCCC2)cc(C(C)(C)C#N)c1. The smallest absolute Gasteiger partial charge is 0.350 e. The summed E-state index contributed by atoms with van der Waals surface area (Å²) in [5, 5.41) is 25.0. The predicted molar refractivity (Wildman–Crippen MR) is 140 cm³/mol. The Morgan fingerprint density at radius 3 is 1.95 bits per heavy atom. The summed E-state index contributed by atoms with van der Waals surface area (Å²) in [6.07, 6.45) is -1.44. The summed E-state index contributed by atoms with van der Waals surface area (Å²) in [5.74, 6) is -0.976. The van der Waals surface area contributed by atoms with Crippen LogP contribution in [0.3, 0.4) is 0 Å². The molecule has 2 aromatic carbocycles. The van der Waals surface area contributed by atoms with Crippen molar-refractivity contribution in [2.24, 2.45) is 0 Å². The summed E-state index contributed by atoms with van der Waals surface area (Å²) in [6, 6.07) is 14.2. The van der Waals surface area contributed by atoms with Crippen molar-refractivity contribution in [2.45, 2.75) is 88.9 Å². The molecule has 1 aliphatic rings. The van der Waals surface area contributed by atoms with Gasteiger partial charge in [0, 0.05) is 12.1 Å². The van der Waals surface area contributed by atoms with Crippen LogP contribution in [-0.2, 0) is 28.3 Å². The second-order valence-corrected chi connectivity index (χ2v) is 11.3. The van der Waals surface area contributed by atoms with Crippen molar-refractivity contribution in [3.05, 3.63) is 70.3 Å². The molecule has 2 amide bonds. The number of alkyl halides is 3. The average molecular weight is 539 g/mol. The van der Waals surface area contributed by atoms with E-state index < -0.39 is 39.9 Å². The summed E-state index contributed by atoms with van der Waals surface area (Å²) in [6.45, 7) is 6.76. The highest BCUT2D eigenvalue weighted by Gasteiger charge is 2.41. The van der Waals surface area contributed by atoms with Gasteiger partial charge in [0.25, 0.3) is 5.91 Å². The standard InChI is InChI=1S/C30H33F3N4O2/c1-27(2,18-34)23-14-21(15-24(16-23)28(3,4)19-35)25(38)37-29(11-6-5-7-12-29)26(39)36-17-20-9-8-10-22(13-20)30(31,32)33/h8-10,13-16H,5-7,11-12,17H2,1-4H3,(H,36,39)(H,37,38). The lowest BCUT2D eigenvalue weighted by Crippen LogP contribution is -2.59. The number of amides is 2. The van der Waals surface area contributed by atoms with Crippen LogP contribution in [0.1, 0.15) is 92.4 Å². The van der Waals surface area contributed by atoms with Crippen molar-refractivity contribution in [3.8, 4) is 12.1 Å². The molecule has 9 heteroatoms. The Morgan fingerprint density at radius 2 is 1.44 bits per heavy atom. The maximum absolute atomic E-state index is 13.6. The maximum Gasteiger partial charge on any atom is 0.416 e. The van der Waals surface area contributed by atoms with E-state index in [9.17, 15) is 33.3 Å². The van der Waals surface area contributed by atoms with E-state index in [0.717, 1.165) is 18.6 Å². The van der Waals surface area contributed by atoms with Crippen molar-refractivity contribution in [2.75, 3.05) is 0 Å². The first-order chi connectivity index (χ1) is 18.1. The summed E-state index contributed by atoms with van der Waals surface area (Å²) < 4.78 is 39.3. The molecule has 206 valence electrons. The molecule has 1 aliphatic carbocycles. The number of hydrogen-bond donors (Lipinski definition) is 2. The molecule has 39 heavy (non-hydrogen) atoms. The molecule has 0 aromatic heterocycles. The molecule has 2 aromatic rings. The zero-order chi connectivity index (χ0) is 29.1. The van der Waals surface area contributed by atoms with Gasteiger partial charge in [-0.3, -0.25) is 9.59 Å². The highest BCUT2D eigenvalue weighted by atomic mass is 19.4. The Morgan fingerprint density at radius 1 is 0.872 bits per heavy atom. The summed E-state index contributed by atoms with van der Waals surface area (Å²) in [4.78, 5) is 27.1. The third-order valence-corrected chi connectivity index (χ3v) is 7.40. The fourth-order valence-electron chi connectivity index (χ4n) is 4.67. The molecule has 0 aliphatic heterocycles. The van der Waals surface area contributed by atoms with Gasteiger partial charge in [0.15, 0.2) is 0 Å². The van der Waals surface area contributed by atoms with Crippen LogP contribution >= 0.6 is 0 Å². The van der Waals surface area contributed by atoms with Crippen molar-refractivity contribution < 1.29 is 22.8 Å². The van der Waals surface area contributed by atoms with Gasteiger partial charge in [-0.1, -0.05) is 37.5 Å². The topological polar surface area (TPSA) is 106 Å². The van der Waals surface area contributed by atoms with E-state index in [0.29, 0.717) is 42.4 Å². The number of rotatable bonds is 7. The molecule has 0 unspecified atom stereocenters. The van der Waals surface area contributed by atoms with Crippen LogP contribution < -0.4 is 10.6 Å². The lowest BCUT2D eigenvalue weighted by molar-refractivity contribution is -0.137. The van der Waals surface area contributed by atoms with Crippen molar-refractivity contribution >= 4 is 11.8 Å². The minimum Gasteiger partial charge on any atom is -0.350 e. The average Bonchev–Trinajstić information content (AvgIpc) is 2.91. The fourth-order valence-corrected chi connectivity index (χ4v) is 4.67. The minimum absolute atomic E-state index is 0.118. The van der Waals surface area contributed by atoms with E-state index >= 15 is 0 Å². The largest absolute Gasteiger partial charge is 0.416 e. The van der Waals surface area contributed by atoms with Gasteiger partial charge in [0.05, 0.1) is 28.5 Å². The zero-order valence-corrected chi connectivity index (χ0v) is 22.6. The van der Waals surface area contributed by atoms with Gasteiger partial charge in [-0.25, -0.2) is 0 Å². The van der Waals surface area contributed by atoms with Gasteiger partial charge >= 0.3 is 6.18 Å². The lowest BCUT2D eigenvalue weighted by atomic mass is 9.78. The van der Waals surface area contributed by atoms with Crippen LogP contribution in [0.15, 0.2) is 42.5 Å². The number of nitrogens with zero attached hydrogens (tertiary/aromatic N) is 2. The Labute approximate surface area is 227 Å². The van der Waals surface area contributed by atoms with E-state index in [1.54, 1.807) is 45.9 Å². The molecular formula is C30H33F3N4O2. The number of benzene rings is 2. The first-order valence-corrected chi connectivity index (χ1v) is 12.9. The lowest BCUT2D eigenvalue weighted by Gasteiger charge is -2.37. The third-order valence-electron chi connectivity index (χ3n) is 7.40. The molecular weight excluding hydrogens is 505 g/mol. The molecule has 3 rings (SSSR count). The van der Waals surface area contributed by atoms with E-state index in [-0.39, 0.29) is 12.1 Å². The van der Waals surface area contributed by atoms with Crippen molar-refractivity contribution in [1.82, 2.24) is 10.6 Å². The molecule has 0 saturated heterocycles. The number of nitrogens with one attached hydrogen (secondary N) is 2. The molecule has 1 fully saturated rings. The van der Waals surface area contributed by atoms with E-state index in [1.807, 2.05) is 0 Å². The highest BCUT2D eigenvalue weighted by Crippen LogP contribution is 2.33. The minimum atomic E-state index is -4.49. The van der Waals surface area contributed by atoms with Crippen LogP contribution in [0.25, 0.3) is 0 Å². The number of carbonyl (C=O) groups is 2. The van der Waals surface area contributed by atoms with Crippen LogP contribution in [0, 0.1) is 22.7 Å². The Bertz CT molecular complexity index is 1280. The van der Waals surface area contributed by atoms with E-state index in [2.05, 4.69) is 22.8 Å². The van der Waals surface area contributed by atoms with Gasteiger partial charge in [0.2, 0.25) is 5.91 Å². The molecule has 6 nitrogen and oxygen atoms in total. The van der Waals surface area contributed by atoms with Gasteiger partial charge in [-0.05, 0) is 81.5 Å². The number of halogens is 3. The molecule has 0 heterocycles. The first-order valence-electron chi connectivity index (χ1n) is 12.9. The fraction of sp³-hybridized carbons (Fsp3) is 0.467. The highest BCUT2D eigenvalue weighted by molar-refractivity contribution is 5.99. The van der Waals surface area contributed by atoms with Crippen LogP contribution in [-0.4, -0.2) is 17.4 Å². The van der Waals surface area contributed by atoms with Crippen LogP contribution in [0.4, 0.5) is 13.2 Å². The third kappa shape index (κ3) is 6.78. The Hall–Kier alpha value is -3.85. The monoisotopic (exact) mass is 538 g/mol. The Balaban J connectivity index is 1.91. The van der Waals surface area contributed by atoms with Gasteiger partial charge in [0.1, 0.15) is 5.54 Å². The second-order valence-electron chi connectivity index (χ2n) is 11.3. The van der Waals surface area contributed by atoms with Gasteiger partial charge in [-0.2, -0.15) is 23.7 Å². The predicted octanol–water partition coefficient (Wildman–Crippen LogP) is 6.06. The number of nitriles is 2. The van der Waals surface area contributed by atoms with E-state index in [1.165, 1.54) is 12.1 Å². The molecule has 0 bridgehead atoms. The maximum atomic E-state index is 13.6. The number of hydrogen-bond acceptors (Lipinski definition) is 4. The normalized spacial score (nSPS) is 15.5. The molecule has 1 saturated carbocycles. The van der Waals surface area contributed by atoms with Crippen molar-refractivity contribution in [3.63, 3.8) is 0 Å². The summed E-state index contributed by atoms with van der Waals surface area (Å²) >= 11 is 0. The van der Waals surface area contributed by atoms with Crippen molar-refractivity contribution in [1.29, 1.82) is 10.5 Å². The zero-order valence-electron chi connectivity index (χ0n) is 22.6. The van der Waals surface area contributed by atoms with Crippen LogP contribution in [0.2, 0.25) is 0 Å². The van der Waals surface area contributed by atoms with Gasteiger partial charge in [-0.15, -0.1) is 0 Å². The second kappa shape index (κ2) is 11.1. The molecule has 2 N–H and O–H groups in total. The van der Waals surface area contributed by atoms with Crippen LogP contribution in [0.5, 0.6) is 0 Å². The molecule has 0 radical (unpaired) electrons. The van der Waals surface area contributed by atoms with E-state index in [4.69, 9.17) is 0 Å². The summed E-state index contributed by atoms with van der Waals surface area (Å²) in [5.41, 5.74) is -2.22. The molecule has 0 spiro atoms. The quantitative estimate of drug-likeness (QED) is 0.447. The van der Waals surface area contributed by atoms with Gasteiger partial charge < -0.3 is 10.6 Å². The molecule has 0 atom stereocenters. The number of carbonyl (C=O) groups excluding carboxylic acids is 2. The summed E-state index contributed by atoms with van der Waals surface area (Å²) in [7, 11) is 0.